The number of anilines is 1. The zero-order chi connectivity index (χ0) is 14.0. The quantitative estimate of drug-likeness (QED) is 0.395. The summed E-state index contributed by atoms with van der Waals surface area (Å²) < 4.78 is 0. The minimum absolute atomic E-state index is 0.0710. The van der Waals surface area contributed by atoms with Crippen LogP contribution in [0.4, 0.5) is 11.4 Å². The Kier molecular flexibility index (Phi) is 3.32. The van der Waals surface area contributed by atoms with Crippen LogP contribution in [0.1, 0.15) is 16.8 Å². The number of hydrogen-bond donors (Lipinski definition) is 3. The Morgan fingerprint density at radius 2 is 2.26 bits per heavy atom. The van der Waals surface area contributed by atoms with Crippen molar-refractivity contribution in [2.45, 2.75) is 12.5 Å². The molecule has 0 saturated carbocycles. The standard InChI is InChI=1S/C11H12N4O4/c12-8-3-6(1-2-9(8)15(18)19)11(17)14-7-4-10(16)13-5-7/h1-3,7H,4-5,12H2,(H,13,16)(H,14,17). The van der Waals surface area contributed by atoms with Gasteiger partial charge in [-0.2, -0.15) is 0 Å². The smallest absolute Gasteiger partial charge is 0.292 e. The first kappa shape index (κ1) is 12.8. The number of rotatable bonds is 3. The van der Waals surface area contributed by atoms with Gasteiger partial charge in [-0.1, -0.05) is 0 Å². The van der Waals surface area contributed by atoms with Crippen molar-refractivity contribution >= 4 is 23.2 Å². The van der Waals surface area contributed by atoms with Gasteiger partial charge >= 0.3 is 0 Å². The largest absolute Gasteiger partial charge is 0.393 e. The van der Waals surface area contributed by atoms with Crippen LogP contribution in [0.15, 0.2) is 18.2 Å². The van der Waals surface area contributed by atoms with Gasteiger partial charge in [-0.25, -0.2) is 0 Å². The van der Waals surface area contributed by atoms with E-state index in [2.05, 4.69) is 10.6 Å². The van der Waals surface area contributed by atoms with Crippen molar-refractivity contribution in [3.05, 3.63) is 33.9 Å². The van der Waals surface area contributed by atoms with Crippen LogP contribution in [0.2, 0.25) is 0 Å². The molecule has 1 aliphatic rings. The van der Waals surface area contributed by atoms with Crippen molar-refractivity contribution in [1.82, 2.24) is 10.6 Å². The van der Waals surface area contributed by atoms with E-state index in [1.165, 1.54) is 18.2 Å². The molecule has 8 nitrogen and oxygen atoms in total. The van der Waals surface area contributed by atoms with Gasteiger partial charge in [0.2, 0.25) is 5.91 Å². The van der Waals surface area contributed by atoms with Gasteiger partial charge in [0.25, 0.3) is 11.6 Å². The van der Waals surface area contributed by atoms with Gasteiger partial charge in [0, 0.05) is 24.6 Å². The average Bonchev–Trinajstić information content (AvgIpc) is 2.74. The molecule has 1 saturated heterocycles. The SMILES string of the molecule is Nc1cc(C(=O)NC2CNC(=O)C2)ccc1[N+](=O)[O-]. The number of nitro benzene ring substituents is 1. The first-order valence-corrected chi connectivity index (χ1v) is 5.59. The molecule has 0 bridgehead atoms. The zero-order valence-electron chi connectivity index (χ0n) is 9.88. The van der Waals surface area contributed by atoms with Gasteiger partial charge < -0.3 is 16.4 Å². The number of nitro groups is 1. The van der Waals surface area contributed by atoms with E-state index >= 15 is 0 Å². The van der Waals surface area contributed by atoms with Crippen LogP contribution in [-0.4, -0.2) is 29.3 Å². The van der Waals surface area contributed by atoms with E-state index in [9.17, 15) is 19.7 Å². The molecule has 0 aliphatic carbocycles. The third kappa shape index (κ3) is 2.79. The molecule has 8 heteroatoms. The Hall–Kier alpha value is -2.64. The molecule has 1 aromatic rings. The van der Waals surface area contributed by atoms with E-state index in [-0.39, 0.29) is 35.3 Å². The monoisotopic (exact) mass is 264 g/mol. The normalized spacial score (nSPS) is 17.9. The van der Waals surface area contributed by atoms with E-state index in [1.54, 1.807) is 0 Å². The number of nitrogens with one attached hydrogen (secondary N) is 2. The van der Waals surface area contributed by atoms with E-state index in [0.29, 0.717) is 6.54 Å². The summed E-state index contributed by atoms with van der Waals surface area (Å²) in [6, 6.07) is 3.49. The second-order valence-corrected chi connectivity index (χ2v) is 4.21. The Balaban J connectivity index is 2.09. The number of amides is 2. The minimum Gasteiger partial charge on any atom is -0.393 e. The summed E-state index contributed by atoms with van der Waals surface area (Å²) >= 11 is 0. The molecule has 2 amide bonds. The maximum absolute atomic E-state index is 11.9. The number of benzene rings is 1. The van der Waals surface area contributed by atoms with Crippen molar-refractivity contribution in [1.29, 1.82) is 0 Å². The Labute approximate surface area is 108 Å². The minimum atomic E-state index is -0.615. The van der Waals surface area contributed by atoms with Crippen molar-refractivity contribution < 1.29 is 14.5 Å². The molecule has 1 unspecified atom stereocenters. The molecule has 0 radical (unpaired) electrons. The molecule has 0 spiro atoms. The highest BCUT2D eigenvalue weighted by molar-refractivity contribution is 5.96. The van der Waals surface area contributed by atoms with Gasteiger partial charge in [0.05, 0.1) is 11.0 Å². The topological polar surface area (TPSA) is 127 Å². The van der Waals surface area contributed by atoms with Crippen LogP contribution in [0, 0.1) is 10.1 Å². The second-order valence-electron chi connectivity index (χ2n) is 4.21. The van der Waals surface area contributed by atoms with Crippen LogP contribution >= 0.6 is 0 Å². The Bertz CT molecular complexity index is 558. The molecule has 0 aromatic heterocycles. The van der Waals surface area contributed by atoms with Crippen molar-refractivity contribution in [2.24, 2.45) is 0 Å². The third-order valence-corrected chi connectivity index (χ3v) is 2.80. The van der Waals surface area contributed by atoms with E-state index < -0.39 is 10.8 Å². The number of nitrogens with zero attached hydrogens (tertiary/aromatic N) is 1. The summed E-state index contributed by atoms with van der Waals surface area (Å²) in [6.45, 7) is 0.382. The van der Waals surface area contributed by atoms with Crippen molar-refractivity contribution in [3.63, 3.8) is 0 Å². The molecular weight excluding hydrogens is 252 g/mol. The fourth-order valence-electron chi connectivity index (χ4n) is 1.84. The second kappa shape index (κ2) is 4.92. The van der Waals surface area contributed by atoms with Crippen LogP contribution < -0.4 is 16.4 Å². The Morgan fingerprint density at radius 1 is 1.53 bits per heavy atom. The molecule has 1 heterocycles. The first-order valence-electron chi connectivity index (χ1n) is 5.59. The summed E-state index contributed by atoms with van der Waals surface area (Å²) in [5.41, 5.74) is 5.41. The predicted octanol–water partition coefficient (Wildman–Crippen LogP) is -0.205. The van der Waals surface area contributed by atoms with E-state index in [1.807, 2.05) is 0 Å². The lowest BCUT2D eigenvalue weighted by Crippen LogP contribution is -2.36. The van der Waals surface area contributed by atoms with Gasteiger partial charge in [0.15, 0.2) is 0 Å². The third-order valence-electron chi connectivity index (χ3n) is 2.80. The first-order chi connectivity index (χ1) is 8.97. The molecule has 2 rings (SSSR count). The van der Waals surface area contributed by atoms with Crippen LogP contribution in [0.3, 0.4) is 0 Å². The number of carbonyl (C=O) groups excluding carboxylic acids is 2. The average molecular weight is 264 g/mol. The summed E-state index contributed by atoms with van der Waals surface area (Å²) in [5.74, 6) is -0.531. The van der Waals surface area contributed by atoms with Gasteiger partial charge in [-0.3, -0.25) is 19.7 Å². The lowest BCUT2D eigenvalue weighted by atomic mass is 10.1. The molecule has 1 aromatic carbocycles. The van der Waals surface area contributed by atoms with Crippen LogP contribution in [0.25, 0.3) is 0 Å². The van der Waals surface area contributed by atoms with Crippen LogP contribution in [-0.2, 0) is 4.79 Å². The number of carbonyl (C=O) groups is 2. The van der Waals surface area contributed by atoms with E-state index in [0.717, 1.165) is 0 Å². The van der Waals surface area contributed by atoms with Crippen LogP contribution in [0.5, 0.6) is 0 Å². The van der Waals surface area contributed by atoms with Crippen molar-refractivity contribution in [3.8, 4) is 0 Å². The number of hydrogen-bond acceptors (Lipinski definition) is 5. The number of nitrogen functional groups attached to an aromatic ring is 1. The molecular formula is C11H12N4O4. The fourth-order valence-corrected chi connectivity index (χ4v) is 1.84. The molecule has 19 heavy (non-hydrogen) atoms. The summed E-state index contributed by atoms with van der Waals surface area (Å²) in [6.07, 6.45) is 0.230. The lowest BCUT2D eigenvalue weighted by Gasteiger charge is -2.10. The molecule has 1 aliphatic heterocycles. The number of nitrogens with two attached hydrogens (primary N) is 1. The van der Waals surface area contributed by atoms with E-state index in [4.69, 9.17) is 5.73 Å². The highest BCUT2D eigenvalue weighted by Crippen LogP contribution is 2.22. The molecule has 4 N–H and O–H groups in total. The maximum atomic E-state index is 11.9. The summed E-state index contributed by atoms with van der Waals surface area (Å²) in [4.78, 5) is 32.8. The Morgan fingerprint density at radius 3 is 2.79 bits per heavy atom. The molecule has 100 valence electrons. The summed E-state index contributed by atoms with van der Waals surface area (Å²) in [7, 11) is 0. The lowest BCUT2D eigenvalue weighted by molar-refractivity contribution is -0.383. The highest BCUT2D eigenvalue weighted by atomic mass is 16.6. The van der Waals surface area contributed by atoms with Gasteiger partial charge in [-0.15, -0.1) is 0 Å². The zero-order valence-corrected chi connectivity index (χ0v) is 9.88. The molecule has 1 atom stereocenters. The van der Waals surface area contributed by atoms with Gasteiger partial charge in [-0.05, 0) is 12.1 Å². The van der Waals surface area contributed by atoms with Crippen molar-refractivity contribution in [2.75, 3.05) is 12.3 Å². The van der Waals surface area contributed by atoms with Gasteiger partial charge in [0.1, 0.15) is 5.69 Å². The predicted molar refractivity (Wildman–Crippen MR) is 66.4 cm³/mol. The summed E-state index contributed by atoms with van der Waals surface area (Å²) in [5, 5.41) is 15.8. The maximum Gasteiger partial charge on any atom is 0.292 e. The molecule has 1 fully saturated rings. The highest BCUT2D eigenvalue weighted by Gasteiger charge is 2.24. The fraction of sp³-hybridized carbons (Fsp3) is 0.273.